The highest BCUT2D eigenvalue weighted by Crippen LogP contribution is 2.41. The lowest BCUT2D eigenvalue weighted by Crippen LogP contribution is -2.36. The normalized spacial score (nSPS) is 23.5. The highest BCUT2D eigenvalue weighted by atomic mass is 16.2. The van der Waals surface area contributed by atoms with Crippen molar-refractivity contribution in [1.29, 1.82) is 0 Å². The van der Waals surface area contributed by atoms with E-state index in [4.69, 9.17) is 0 Å². The van der Waals surface area contributed by atoms with E-state index >= 15 is 0 Å². The van der Waals surface area contributed by atoms with Crippen LogP contribution in [0.2, 0.25) is 0 Å². The molecule has 1 aromatic rings. The van der Waals surface area contributed by atoms with E-state index in [1.54, 1.807) is 17.3 Å². The van der Waals surface area contributed by atoms with Gasteiger partial charge in [0.05, 0.1) is 11.8 Å². The zero-order valence-corrected chi connectivity index (χ0v) is 14.5. The summed E-state index contributed by atoms with van der Waals surface area (Å²) in [4.78, 5) is 32.9. The van der Waals surface area contributed by atoms with Crippen molar-refractivity contribution in [3.63, 3.8) is 0 Å². The molecular formula is C19H27N3O2. The van der Waals surface area contributed by atoms with E-state index in [0.29, 0.717) is 6.54 Å². The van der Waals surface area contributed by atoms with Gasteiger partial charge in [-0.2, -0.15) is 0 Å². The largest absolute Gasteiger partial charge is 0.345 e. The van der Waals surface area contributed by atoms with E-state index in [-0.39, 0.29) is 23.7 Å². The van der Waals surface area contributed by atoms with Crippen LogP contribution in [0.5, 0.6) is 0 Å². The van der Waals surface area contributed by atoms with Crippen LogP contribution in [0.4, 0.5) is 0 Å². The molecule has 2 amide bonds. The summed E-state index contributed by atoms with van der Waals surface area (Å²) >= 11 is 0. The molecule has 2 aliphatic rings. The Morgan fingerprint density at radius 3 is 2.46 bits per heavy atom. The molecule has 0 aromatic carbocycles. The third kappa shape index (κ3) is 4.13. The van der Waals surface area contributed by atoms with Crippen molar-refractivity contribution in [3.05, 3.63) is 30.1 Å². The van der Waals surface area contributed by atoms with Gasteiger partial charge in [-0.3, -0.25) is 14.6 Å². The quantitative estimate of drug-likeness (QED) is 0.831. The van der Waals surface area contributed by atoms with E-state index in [0.717, 1.165) is 38.8 Å². The lowest BCUT2D eigenvalue weighted by atomic mass is 10.2. The molecule has 0 bridgehead atoms. The second-order valence-electron chi connectivity index (χ2n) is 7.05. The minimum Gasteiger partial charge on any atom is -0.345 e. The minimum absolute atomic E-state index is 0.0704. The number of pyridine rings is 1. The van der Waals surface area contributed by atoms with Crippen molar-refractivity contribution in [2.45, 2.75) is 38.5 Å². The van der Waals surface area contributed by atoms with E-state index in [2.05, 4.69) is 4.98 Å². The molecular weight excluding hydrogens is 302 g/mol. The molecule has 0 N–H and O–H groups in total. The van der Waals surface area contributed by atoms with Gasteiger partial charge >= 0.3 is 0 Å². The van der Waals surface area contributed by atoms with Gasteiger partial charge in [0.25, 0.3) is 0 Å². The Hall–Kier alpha value is -1.91. The van der Waals surface area contributed by atoms with Crippen LogP contribution in [0.3, 0.4) is 0 Å². The molecule has 2 unspecified atom stereocenters. The second-order valence-corrected chi connectivity index (χ2v) is 7.05. The van der Waals surface area contributed by atoms with Crippen LogP contribution in [0.25, 0.3) is 0 Å². The Bertz CT molecular complexity index is 567. The van der Waals surface area contributed by atoms with Gasteiger partial charge in [0.15, 0.2) is 0 Å². The van der Waals surface area contributed by atoms with E-state index in [1.165, 1.54) is 18.4 Å². The summed E-state index contributed by atoms with van der Waals surface area (Å²) in [7, 11) is 1.84. The lowest BCUT2D eigenvalue weighted by Gasteiger charge is -2.21. The molecule has 24 heavy (non-hydrogen) atoms. The third-order valence-electron chi connectivity index (χ3n) is 5.20. The zero-order valence-electron chi connectivity index (χ0n) is 14.5. The monoisotopic (exact) mass is 329 g/mol. The predicted octanol–water partition coefficient (Wildman–Crippen LogP) is 2.12. The summed E-state index contributed by atoms with van der Waals surface area (Å²) in [5.41, 5.74) is 1.18. The average molecular weight is 329 g/mol. The van der Waals surface area contributed by atoms with Crippen molar-refractivity contribution < 1.29 is 9.59 Å². The lowest BCUT2D eigenvalue weighted by molar-refractivity contribution is -0.137. The van der Waals surface area contributed by atoms with Crippen LogP contribution in [0.1, 0.15) is 37.7 Å². The van der Waals surface area contributed by atoms with Gasteiger partial charge in [-0.05, 0) is 43.4 Å². The average Bonchev–Trinajstić information content (AvgIpc) is 3.43. The number of carbonyl (C=O) groups excluding carboxylic acids is 2. The van der Waals surface area contributed by atoms with Gasteiger partial charge in [0.1, 0.15) is 0 Å². The number of nitrogens with zero attached hydrogens (tertiary/aromatic N) is 3. The van der Waals surface area contributed by atoms with Crippen LogP contribution in [-0.4, -0.2) is 53.3 Å². The standard InChI is InChI=1S/C19H27N3O2/c1-21(13-8-15-6-9-20-10-7-15)18(23)16-14-17(16)19(24)22-11-4-2-3-5-12-22/h6-7,9-10,16-17H,2-5,8,11-14H2,1H3. The summed E-state index contributed by atoms with van der Waals surface area (Å²) in [5, 5.41) is 0. The maximum atomic E-state index is 12.6. The first-order valence-corrected chi connectivity index (χ1v) is 9.09. The Kier molecular flexibility index (Phi) is 5.48. The van der Waals surface area contributed by atoms with Crippen molar-refractivity contribution in [2.75, 3.05) is 26.7 Å². The highest BCUT2D eigenvalue weighted by Gasteiger charge is 2.50. The predicted molar refractivity (Wildman–Crippen MR) is 92.2 cm³/mol. The Balaban J connectivity index is 1.46. The highest BCUT2D eigenvalue weighted by molar-refractivity contribution is 5.92. The van der Waals surface area contributed by atoms with Gasteiger partial charge in [0, 0.05) is 39.1 Å². The molecule has 0 spiro atoms. The van der Waals surface area contributed by atoms with Gasteiger partial charge in [-0.1, -0.05) is 12.8 Å². The van der Waals surface area contributed by atoms with Crippen LogP contribution in [0.15, 0.2) is 24.5 Å². The Morgan fingerprint density at radius 1 is 1.12 bits per heavy atom. The first-order chi connectivity index (χ1) is 11.7. The van der Waals surface area contributed by atoms with E-state index < -0.39 is 0 Å². The van der Waals surface area contributed by atoms with Crippen molar-refractivity contribution >= 4 is 11.8 Å². The minimum atomic E-state index is -0.0943. The summed E-state index contributed by atoms with van der Waals surface area (Å²) in [6.07, 6.45) is 9.73. The van der Waals surface area contributed by atoms with E-state index in [9.17, 15) is 9.59 Å². The second kappa shape index (κ2) is 7.77. The number of hydrogen-bond acceptors (Lipinski definition) is 3. The summed E-state index contributed by atoms with van der Waals surface area (Å²) < 4.78 is 0. The number of amides is 2. The molecule has 5 nitrogen and oxygen atoms in total. The SMILES string of the molecule is CN(CCc1ccncc1)C(=O)C1CC1C(=O)N1CCCCCC1. The van der Waals surface area contributed by atoms with Crippen molar-refractivity contribution in [2.24, 2.45) is 11.8 Å². The maximum Gasteiger partial charge on any atom is 0.226 e. The fourth-order valence-corrected chi connectivity index (χ4v) is 3.51. The molecule has 1 aliphatic carbocycles. The topological polar surface area (TPSA) is 53.5 Å². The summed E-state index contributed by atoms with van der Waals surface area (Å²) in [6, 6.07) is 3.95. The molecule has 2 atom stereocenters. The summed E-state index contributed by atoms with van der Waals surface area (Å²) in [6.45, 7) is 2.42. The zero-order chi connectivity index (χ0) is 16.9. The number of likely N-dealkylation sites (tertiary alicyclic amines) is 1. The van der Waals surface area contributed by atoms with Crippen LogP contribution in [0, 0.1) is 11.8 Å². The first kappa shape index (κ1) is 16.9. The molecule has 0 radical (unpaired) electrons. The van der Waals surface area contributed by atoms with Gasteiger partial charge in [0.2, 0.25) is 11.8 Å². The number of rotatable bonds is 5. The number of hydrogen-bond donors (Lipinski definition) is 0. The van der Waals surface area contributed by atoms with Crippen LogP contribution in [-0.2, 0) is 16.0 Å². The number of likely N-dealkylation sites (N-methyl/N-ethyl adjacent to an activating group) is 1. The molecule has 3 rings (SSSR count). The Labute approximate surface area is 144 Å². The molecule has 1 aromatic heterocycles. The van der Waals surface area contributed by atoms with Gasteiger partial charge in [-0.15, -0.1) is 0 Å². The number of aromatic nitrogens is 1. The van der Waals surface area contributed by atoms with Gasteiger partial charge < -0.3 is 9.80 Å². The molecule has 1 aliphatic heterocycles. The smallest absolute Gasteiger partial charge is 0.226 e. The van der Waals surface area contributed by atoms with Gasteiger partial charge in [-0.25, -0.2) is 0 Å². The molecule has 1 saturated heterocycles. The fraction of sp³-hybridized carbons (Fsp3) is 0.632. The fourth-order valence-electron chi connectivity index (χ4n) is 3.51. The molecule has 1 saturated carbocycles. The van der Waals surface area contributed by atoms with Crippen molar-refractivity contribution in [3.8, 4) is 0 Å². The Morgan fingerprint density at radius 2 is 1.79 bits per heavy atom. The van der Waals surface area contributed by atoms with Crippen LogP contribution >= 0.6 is 0 Å². The number of carbonyl (C=O) groups is 2. The molecule has 130 valence electrons. The molecule has 2 heterocycles. The maximum absolute atomic E-state index is 12.6. The third-order valence-corrected chi connectivity index (χ3v) is 5.20. The van der Waals surface area contributed by atoms with Crippen molar-refractivity contribution in [1.82, 2.24) is 14.8 Å². The summed E-state index contributed by atoms with van der Waals surface area (Å²) in [5.74, 6) is 0.164. The first-order valence-electron chi connectivity index (χ1n) is 9.09. The van der Waals surface area contributed by atoms with Crippen LogP contribution < -0.4 is 0 Å². The molecule has 2 fully saturated rings. The van der Waals surface area contributed by atoms with E-state index in [1.807, 2.05) is 24.1 Å². The molecule has 5 heteroatoms.